The van der Waals surface area contributed by atoms with Crippen molar-refractivity contribution in [3.8, 4) is 0 Å². The number of anilines is 2. The first-order valence-electron chi connectivity index (χ1n) is 6.75. The van der Waals surface area contributed by atoms with E-state index >= 15 is 0 Å². The molecule has 0 spiro atoms. The summed E-state index contributed by atoms with van der Waals surface area (Å²) in [6.07, 6.45) is 3.42. The zero-order valence-electron chi connectivity index (χ0n) is 11.1. The predicted octanol–water partition coefficient (Wildman–Crippen LogP) is 2.67. The first-order chi connectivity index (χ1) is 9.18. The lowest BCUT2D eigenvalue weighted by Crippen LogP contribution is -2.33. The van der Waals surface area contributed by atoms with Gasteiger partial charge in [-0.3, -0.25) is 0 Å². The molecule has 100 valence electrons. The number of hydrogen-bond acceptors (Lipinski definition) is 4. The van der Waals surface area contributed by atoms with Gasteiger partial charge in [-0.1, -0.05) is 12.1 Å². The van der Waals surface area contributed by atoms with Crippen LogP contribution in [0.15, 0.2) is 27.4 Å². The monoisotopic (exact) mass is 258 g/mol. The van der Waals surface area contributed by atoms with Crippen molar-refractivity contribution in [3.63, 3.8) is 0 Å². The summed E-state index contributed by atoms with van der Waals surface area (Å²) in [4.78, 5) is 14.2. The molecule has 4 heteroatoms. The maximum Gasteiger partial charge on any atom is 0.362 e. The number of nitrogens with zero attached hydrogens (tertiary/aromatic N) is 1. The van der Waals surface area contributed by atoms with Gasteiger partial charge in [-0.15, -0.1) is 0 Å². The number of nitrogen functional groups attached to an aromatic ring is 1. The van der Waals surface area contributed by atoms with Gasteiger partial charge in [-0.2, -0.15) is 0 Å². The third-order valence-corrected chi connectivity index (χ3v) is 3.83. The Morgan fingerprint density at radius 2 is 1.95 bits per heavy atom. The van der Waals surface area contributed by atoms with Gasteiger partial charge in [-0.05, 0) is 37.8 Å². The third kappa shape index (κ3) is 1.97. The Bertz CT molecular complexity index is 670. The summed E-state index contributed by atoms with van der Waals surface area (Å²) in [7, 11) is 0. The molecule has 0 atom stereocenters. The average Bonchev–Trinajstić information content (AvgIpc) is 2.39. The van der Waals surface area contributed by atoms with E-state index < -0.39 is 0 Å². The molecular weight excluding hydrogens is 240 g/mol. The molecule has 4 nitrogen and oxygen atoms in total. The molecule has 2 aromatic rings. The fourth-order valence-electron chi connectivity index (χ4n) is 2.86. The van der Waals surface area contributed by atoms with E-state index in [1.54, 1.807) is 6.07 Å². The topological polar surface area (TPSA) is 59.5 Å². The van der Waals surface area contributed by atoms with Gasteiger partial charge in [0.15, 0.2) is 0 Å². The largest absolute Gasteiger partial charge is 0.421 e. The van der Waals surface area contributed by atoms with Crippen molar-refractivity contribution < 1.29 is 4.42 Å². The molecule has 0 bridgehead atoms. The Kier molecular flexibility index (Phi) is 2.93. The van der Waals surface area contributed by atoms with Crippen LogP contribution >= 0.6 is 0 Å². The number of rotatable bonds is 1. The predicted molar refractivity (Wildman–Crippen MR) is 77.7 cm³/mol. The Balaban J connectivity index is 2.24. The first-order valence-corrected chi connectivity index (χ1v) is 6.75. The molecule has 1 aliphatic heterocycles. The molecule has 19 heavy (non-hydrogen) atoms. The summed E-state index contributed by atoms with van der Waals surface area (Å²) in [6.45, 7) is 3.75. The summed E-state index contributed by atoms with van der Waals surface area (Å²) in [5, 5.41) is 0.864. The van der Waals surface area contributed by atoms with Crippen LogP contribution in [0.1, 0.15) is 24.8 Å². The van der Waals surface area contributed by atoms with Crippen LogP contribution in [-0.2, 0) is 0 Å². The fraction of sp³-hybridized carbons (Fsp3) is 0.400. The summed E-state index contributed by atoms with van der Waals surface area (Å²) in [5.74, 6) is 0. The van der Waals surface area contributed by atoms with Crippen molar-refractivity contribution in [2.45, 2.75) is 26.2 Å². The second kappa shape index (κ2) is 4.61. The molecular formula is C15H18N2O2. The smallest absolute Gasteiger partial charge is 0.362 e. The van der Waals surface area contributed by atoms with Crippen molar-refractivity contribution in [2.75, 3.05) is 23.7 Å². The molecule has 3 rings (SSSR count). The van der Waals surface area contributed by atoms with Crippen molar-refractivity contribution in [1.82, 2.24) is 0 Å². The lowest BCUT2D eigenvalue weighted by Gasteiger charge is -2.28. The third-order valence-electron chi connectivity index (χ3n) is 3.83. The molecule has 2 N–H and O–H groups in total. The molecule has 1 aromatic carbocycles. The maximum absolute atomic E-state index is 12.2. The van der Waals surface area contributed by atoms with Crippen molar-refractivity contribution in [1.29, 1.82) is 0 Å². The van der Waals surface area contributed by atoms with Gasteiger partial charge in [0.05, 0.1) is 5.69 Å². The number of piperidine rings is 1. The van der Waals surface area contributed by atoms with Crippen LogP contribution in [0, 0.1) is 6.92 Å². The van der Waals surface area contributed by atoms with Gasteiger partial charge < -0.3 is 15.1 Å². The maximum atomic E-state index is 12.2. The molecule has 0 radical (unpaired) electrons. The van der Waals surface area contributed by atoms with E-state index in [9.17, 15) is 4.79 Å². The molecule has 1 fully saturated rings. The number of benzene rings is 1. The van der Waals surface area contributed by atoms with E-state index in [0.29, 0.717) is 17.0 Å². The fourth-order valence-corrected chi connectivity index (χ4v) is 2.86. The van der Waals surface area contributed by atoms with Crippen LogP contribution in [0.3, 0.4) is 0 Å². The van der Waals surface area contributed by atoms with E-state index in [0.717, 1.165) is 36.9 Å². The molecule has 1 aromatic heterocycles. The van der Waals surface area contributed by atoms with Gasteiger partial charge in [0.25, 0.3) is 0 Å². The van der Waals surface area contributed by atoms with Crippen LogP contribution in [0.5, 0.6) is 0 Å². The summed E-state index contributed by atoms with van der Waals surface area (Å²) in [5.41, 5.74) is 8.64. The molecule has 1 saturated heterocycles. The average molecular weight is 258 g/mol. The zero-order chi connectivity index (χ0) is 13.4. The second-order valence-electron chi connectivity index (χ2n) is 5.15. The van der Waals surface area contributed by atoms with Gasteiger partial charge >= 0.3 is 5.63 Å². The Morgan fingerprint density at radius 1 is 1.21 bits per heavy atom. The van der Waals surface area contributed by atoms with Crippen LogP contribution in [0.25, 0.3) is 11.0 Å². The molecule has 0 saturated carbocycles. The van der Waals surface area contributed by atoms with Crippen LogP contribution < -0.4 is 16.3 Å². The molecule has 1 aliphatic rings. The summed E-state index contributed by atoms with van der Waals surface area (Å²) < 4.78 is 5.43. The van der Waals surface area contributed by atoms with E-state index in [4.69, 9.17) is 10.2 Å². The van der Waals surface area contributed by atoms with E-state index in [2.05, 4.69) is 4.90 Å². The lowest BCUT2D eigenvalue weighted by molar-refractivity contribution is 0.537. The van der Waals surface area contributed by atoms with E-state index in [1.807, 2.05) is 19.1 Å². The molecule has 2 heterocycles. The van der Waals surface area contributed by atoms with Crippen LogP contribution in [-0.4, -0.2) is 13.1 Å². The minimum atomic E-state index is -0.322. The Labute approximate surface area is 111 Å². The van der Waals surface area contributed by atoms with Crippen molar-refractivity contribution in [2.24, 2.45) is 0 Å². The highest BCUT2D eigenvalue weighted by atomic mass is 16.4. The number of hydrogen-bond donors (Lipinski definition) is 1. The summed E-state index contributed by atoms with van der Waals surface area (Å²) >= 11 is 0. The molecule has 0 amide bonds. The van der Waals surface area contributed by atoms with Gasteiger partial charge in [-0.25, -0.2) is 4.79 Å². The Hall–Kier alpha value is -1.97. The van der Waals surface area contributed by atoms with Gasteiger partial charge in [0.1, 0.15) is 11.3 Å². The van der Waals surface area contributed by atoms with Crippen LogP contribution in [0.4, 0.5) is 11.4 Å². The normalized spacial score (nSPS) is 15.9. The van der Waals surface area contributed by atoms with Gasteiger partial charge in [0.2, 0.25) is 0 Å². The standard InChI is InChI=1S/C15H18N2O2/c1-10-6-5-7-11-12(10)13(16)14(15(18)19-11)17-8-3-2-4-9-17/h5-7H,2-4,8-9,16H2,1H3. The summed E-state index contributed by atoms with van der Waals surface area (Å²) in [6, 6.07) is 5.65. The minimum absolute atomic E-state index is 0.322. The molecule has 0 aliphatic carbocycles. The number of nitrogens with two attached hydrogens (primary N) is 1. The highest BCUT2D eigenvalue weighted by Crippen LogP contribution is 2.31. The first kappa shape index (κ1) is 12.1. The van der Waals surface area contributed by atoms with E-state index in [1.165, 1.54) is 6.42 Å². The number of fused-ring (bicyclic) bond motifs is 1. The lowest BCUT2D eigenvalue weighted by atomic mass is 10.1. The van der Waals surface area contributed by atoms with Crippen molar-refractivity contribution >= 4 is 22.3 Å². The Morgan fingerprint density at radius 3 is 2.68 bits per heavy atom. The number of aryl methyl sites for hydroxylation is 1. The second-order valence-corrected chi connectivity index (χ2v) is 5.15. The molecule has 0 unspecified atom stereocenters. The van der Waals surface area contributed by atoms with E-state index in [-0.39, 0.29) is 5.63 Å². The quantitative estimate of drug-likeness (QED) is 0.799. The SMILES string of the molecule is Cc1cccc2oc(=O)c(N3CCCCC3)c(N)c12. The highest BCUT2D eigenvalue weighted by molar-refractivity contribution is 5.97. The minimum Gasteiger partial charge on any atom is -0.421 e. The van der Waals surface area contributed by atoms with Gasteiger partial charge in [0, 0.05) is 18.5 Å². The van der Waals surface area contributed by atoms with Crippen LogP contribution in [0.2, 0.25) is 0 Å². The van der Waals surface area contributed by atoms with Crippen molar-refractivity contribution in [3.05, 3.63) is 34.2 Å². The zero-order valence-corrected chi connectivity index (χ0v) is 11.1. The highest BCUT2D eigenvalue weighted by Gasteiger charge is 2.20.